The molecule has 0 saturated carbocycles. The van der Waals surface area contributed by atoms with Crippen molar-refractivity contribution in [2.24, 2.45) is 0 Å². The van der Waals surface area contributed by atoms with Gasteiger partial charge in [-0.1, -0.05) is 272 Å². The van der Waals surface area contributed by atoms with Crippen LogP contribution in [0.5, 0.6) is 0 Å². The summed E-state index contributed by atoms with van der Waals surface area (Å²) in [5.74, 6) is -0.898. The number of rotatable bonds is 59. The van der Waals surface area contributed by atoms with E-state index in [1.54, 1.807) is 0 Å². The first-order valence-corrected chi connectivity index (χ1v) is 32.7. The van der Waals surface area contributed by atoms with Gasteiger partial charge in [0.15, 0.2) is 6.10 Å². The predicted molar refractivity (Wildman–Crippen MR) is 334 cm³/mol. The Balaban J connectivity index is 4.40. The molecule has 77 heavy (non-hydrogen) atoms. The van der Waals surface area contributed by atoms with Crippen LogP contribution in [-0.2, 0) is 28.6 Å². The van der Waals surface area contributed by atoms with Gasteiger partial charge in [0.05, 0.1) is 0 Å². The third kappa shape index (κ3) is 63.0. The molecular weight excluding hydrogens is 949 g/mol. The average Bonchev–Trinajstić information content (AvgIpc) is 3.43. The Kier molecular flexibility index (Phi) is 61.8. The minimum atomic E-state index is -0.790. The maximum atomic E-state index is 12.9. The summed E-state index contributed by atoms with van der Waals surface area (Å²) >= 11 is 0. The molecule has 1 atom stereocenters. The Morgan fingerprint density at radius 3 is 0.805 bits per heavy atom. The number of hydrogen-bond acceptors (Lipinski definition) is 6. The molecule has 0 aliphatic carbocycles. The molecule has 0 fully saturated rings. The van der Waals surface area contributed by atoms with Gasteiger partial charge in [-0.05, 0) is 122 Å². The van der Waals surface area contributed by atoms with Crippen LogP contribution in [0, 0.1) is 0 Å². The number of unbranched alkanes of at least 4 members (excludes halogenated alkanes) is 32. The summed E-state index contributed by atoms with van der Waals surface area (Å²) < 4.78 is 16.9. The van der Waals surface area contributed by atoms with Gasteiger partial charge in [0.1, 0.15) is 13.2 Å². The Morgan fingerprint density at radius 1 is 0.273 bits per heavy atom. The molecule has 0 aromatic heterocycles. The molecule has 442 valence electrons. The predicted octanol–water partition coefficient (Wildman–Crippen LogP) is 22.4. The lowest BCUT2D eigenvalue weighted by Crippen LogP contribution is -2.30. The molecule has 0 heterocycles. The fourth-order valence-corrected chi connectivity index (χ4v) is 9.14. The highest BCUT2D eigenvalue weighted by Gasteiger charge is 2.19. The molecule has 6 nitrogen and oxygen atoms in total. The van der Waals surface area contributed by atoms with Crippen molar-refractivity contribution in [2.75, 3.05) is 13.2 Å². The standard InChI is InChI=1S/C71H122O6/c1-4-7-10-13-16-19-22-25-28-31-32-33-34-35-36-37-38-41-43-46-49-52-55-58-61-64-70(73)76-67-68(77-71(74)65-62-59-56-53-50-47-44-40-30-27-24-21-18-15-12-9-6-3)66-75-69(72)63-60-57-54-51-48-45-42-39-29-26-23-20-17-14-11-8-5-2/h7,10,16,19,25-30,32-33,35-36,38,41,68H,4-6,8-9,11-15,17-18,20-24,31,34,37,39-40,42-67H2,1-3H3/b10-7-,19-16-,28-25-,29-26-,30-27-,33-32-,36-35-,41-38-. The minimum absolute atomic E-state index is 0.0853. The normalized spacial score (nSPS) is 12.7. The molecule has 0 rings (SSSR count). The fraction of sp³-hybridized carbons (Fsp3) is 0.732. The summed E-state index contributed by atoms with van der Waals surface area (Å²) in [6.45, 7) is 6.53. The third-order valence-corrected chi connectivity index (χ3v) is 14.0. The molecule has 0 saturated heterocycles. The monoisotopic (exact) mass is 1070 g/mol. The highest BCUT2D eigenvalue weighted by atomic mass is 16.6. The van der Waals surface area contributed by atoms with Crippen molar-refractivity contribution >= 4 is 17.9 Å². The van der Waals surface area contributed by atoms with E-state index >= 15 is 0 Å². The van der Waals surface area contributed by atoms with E-state index in [1.165, 1.54) is 167 Å². The van der Waals surface area contributed by atoms with Crippen LogP contribution in [0.15, 0.2) is 97.2 Å². The lowest BCUT2D eigenvalue weighted by atomic mass is 10.1. The summed E-state index contributed by atoms with van der Waals surface area (Å²) in [6.07, 6.45) is 86.9. The molecule has 0 aromatic rings. The Labute approximate surface area is 477 Å². The lowest BCUT2D eigenvalue weighted by Gasteiger charge is -2.18. The van der Waals surface area contributed by atoms with E-state index in [1.807, 2.05) is 0 Å². The summed E-state index contributed by atoms with van der Waals surface area (Å²) in [4.78, 5) is 38.4. The van der Waals surface area contributed by atoms with E-state index in [9.17, 15) is 14.4 Å². The molecule has 0 bridgehead atoms. The topological polar surface area (TPSA) is 78.9 Å². The number of hydrogen-bond donors (Lipinski definition) is 0. The zero-order valence-corrected chi connectivity index (χ0v) is 50.7. The van der Waals surface area contributed by atoms with Gasteiger partial charge in [0.25, 0.3) is 0 Å². The van der Waals surface area contributed by atoms with Gasteiger partial charge in [-0.15, -0.1) is 0 Å². The lowest BCUT2D eigenvalue weighted by molar-refractivity contribution is -0.167. The number of ether oxygens (including phenoxy) is 3. The van der Waals surface area contributed by atoms with Gasteiger partial charge in [-0.2, -0.15) is 0 Å². The van der Waals surface area contributed by atoms with E-state index in [-0.39, 0.29) is 31.1 Å². The van der Waals surface area contributed by atoms with Crippen LogP contribution in [0.3, 0.4) is 0 Å². The number of esters is 3. The zero-order chi connectivity index (χ0) is 55.7. The van der Waals surface area contributed by atoms with Gasteiger partial charge in [0.2, 0.25) is 0 Å². The number of carbonyl (C=O) groups excluding carboxylic acids is 3. The molecule has 0 radical (unpaired) electrons. The van der Waals surface area contributed by atoms with Crippen molar-refractivity contribution in [1.29, 1.82) is 0 Å². The second-order valence-corrected chi connectivity index (χ2v) is 21.6. The minimum Gasteiger partial charge on any atom is -0.462 e. The SMILES string of the molecule is CC/C=C\C/C=C\C/C=C\C/C=C\C/C=C\C/C=C\CCCCCCCCC(=O)OCC(COC(=O)CCCCCCCCC/C=C\CCCCCCCC)OC(=O)CCCCCCCCC/C=C\CCCCCCCC. The first kappa shape index (κ1) is 73.3. The van der Waals surface area contributed by atoms with Crippen molar-refractivity contribution in [2.45, 2.75) is 322 Å². The number of carbonyl (C=O) groups is 3. The molecule has 1 unspecified atom stereocenters. The fourth-order valence-electron chi connectivity index (χ4n) is 9.14. The average molecular weight is 1070 g/mol. The summed E-state index contributed by atoms with van der Waals surface area (Å²) in [6, 6.07) is 0. The van der Waals surface area contributed by atoms with Crippen LogP contribution < -0.4 is 0 Å². The maximum Gasteiger partial charge on any atom is 0.306 e. The van der Waals surface area contributed by atoms with E-state index in [4.69, 9.17) is 14.2 Å². The second-order valence-electron chi connectivity index (χ2n) is 21.6. The van der Waals surface area contributed by atoms with Crippen LogP contribution in [0.2, 0.25) is 0 Å². The highest BCUT2D eigenvalue weighted by Crippen LogP contribution is 2.16. The Morgan fingerprint density at radius 2 is 0.506 bits per heavy atom. The third-order valence-electron chi connectivity index (χ3n) is 14.0. The van der Waals surface area contributed by atoms with Crippen molar-refractivity contribution < 1.29 is 28.6 Å². The largest absolute Gasteiger partial charge is 0.462 e. The first-order valence-electron chi connectivity index (χ1n) is 32.7. The van der Waals surface area contributed by atoms with Crippen LogP contribution in [-0.4, -0.2) is 37.2 Å². The van der Waals surface area contributed by atoms with E-state index in [0.717, 1.165) is 109 Å². The smallest absolute Gasteiger partial charge is 0.306 e. The maximum absolute atomic E-state index is 12.9. The first-order chi connectivity index (χ1) is 38.0. The Bertz CT molecular complexity index is 1510. The van der Waals surface area contributed by atoms with Gasteiger partial charge < -0.3 is 14.2 Å². The molecule has 0 amide bonds. The molecule has 0 N–H and O–H groups in total. The van der Waals surface area contributed by atoms with Crippen molar-refractivity contribution in [3.8, 4) is 0 Å². The van der Waals surface area contributed by atoms with Crippen molar-refractivity contribution in [3.05, 3.63) is 97.2 Å². The molecule has 0 aliphatic heterocycles. The second kappa shape index (κ2) is 64.9. The van der Waals surface area contributed by atoms with E-state index in [2.05, 4.69) is 118 Å². The van der Waals surface area contributed by atoms with Gasteiger partial charge in [-0.3, -0.25) is 14.4 Å². The Hall–Kier alpha value is -3.67. The van der Waals surface area contributed by atoms with Crippen molar-refractivity contribution in [3.63, 3.8) is 0 Å². The van der Waals surface area contributed by atoms with Gasteiger partial charge in [-0.25, -0.2) is 0 Å². The number of allylic oxidation sites excluding steroid dienone is 16. The van der Waals surface area contributed by atoms with E-state index in [0.29, 0.717) is 19.3 Å². The van der Waals surface area contributed by atoms with Crippen molar-refractivity contribution in [1.82, 2.24) is 0 Å². The summed E-state index contributed by atoms with van der Waals surface area (Å²) in [7, 11) is 0. The summed E-state index contributed by atoms with van der Waals surface area (Å²) in [5.41, 5.74) is 0. The van der Waals surface area contributed by atoms with E-state index < -0.39 is 6.10 Å². The van der Waals surface area contributed by atoms with Crippen LogP contribution in [0.1, 0.15) is 316 Å². The van der Waals surface area contributed by atoms with Crippen LogP contribution in [0.4, 0.5) is 0 Å². The van der Waals surface area contributed by atoms with Crippen LogP contribution >= 0.6 is 0 Å². The zero-order valence-electron chi connectivity index (χ0n) is 50.7. The van der Waals surface area contributed by atoms with Crippen LogP contribution in [0.25, 0.3) is 0 Å². The highest BCUT2D eigenvalue weighted by molar-refractivity contribution is 5.71. The van der Waals surface area contributed by atoms with Gasteiger partial charge >= 0.3 is 17.9 Å². The quantitative estimate of drug-likeness (QED) is 0.0261. The molecule has 0 spiro atoms. The molecule has 6 heteroatoms. The molecule has 0 aliphatic rings. The van der Waals surface area contributed by atoms with Gasteiger partial charge in [0, 0.05) is 19.3 Å². The molecular formula is C71H122O6. The summed E-state index contributed by atoms with van der Waals surface area (Å²) in [5, 5.41) is 0. The molecule has 0 aromatic carbocycles.